The predicted octanol–water partition coefficient (Wildman–Crippen LogP) is 1.58. The Bertz CT molecular complexity index is 568. The van der Waals surface area contributed by atoms with Crippen molar-refractivity contribution >= 4 is 5.82 Å². The van der Waals surface area contributed by atoms with Gasteiger partial charge < -0.3 is 24.0 Å². The summed E-state index contributed by atoms with van der Waals surface area (Å²) in [5.41, 5.74) is 0. The molecular weight excluding hydrogens is 332 g/mol. The molecule has 1 aliphatic carbocycles. The van der Waals surface area contributed by atoms with Gasteiger partial charge in [-0.2, -0.15) is 0 Å². The van der Waals surface area contributed by atoms with Gasteiger partial charge in [-0.1, -0.05) is 0 Å². The van der Waals surface area contributed by atoms with Crippen molar-refractivity contribution in [3.05, 3.63) is 12.4 Å². The third kappa shape index (κ3) is 4.45. The van der Waals surface area contributed by atoms with Crippen LogP contribution in [0, 0.1) is 5.92 Å². The van der Waals surface area contributed by atoms with Gasteiger partial charge in [0.05, 0.1) is 33.5 Å². The highest BCUT2D eigenvalue weighted by atomic mass is 16.5. The molecule has 0 N–H and O–H groups in total. The molecule has 7 heteroatoms. The van der Waals surface area contributed by atoms with Gasteiger partial charge in [-0.25, -0.2) is 9.97 Å². The Labute approximate surface area is 155 Å². The second-order valence-corrected chi connectivity index (χ2v) is 7.60. The van der Waals surface area contributed by atoms with E-state index < -0.39 is 0 Å². The highest BCUT2D eigenvalue weighted by Crippen LogP contribution is 2.36. The molecule has 0 spiro atoms. The lowest BCUT2D eigenvalue weighted by molar-refractivity contribution is 0.0933. The van der Waals surface area contributed by atoms with E-state index in [1.807, 2.05) is 6.07 Å². The van der Waals surface area contributed by atoms with E-state index in [2.05, 4.69) is 19.8 Å². The summed E-state index contributed by atoms with van der Waals surface area (Å²) in [6.45, 7) is 6.47. The zero-order valence-electron chi connectivity index (χ0n) is 15.7. The Morgan fingerprint density at radius 3 is 2.42 bits per heavy atom. The molecule has 2 aliphatic heterocycles. The Hall–Kier alpha value is -1.44. The normalized spacial score (nSPS) is 23.6. The maximum absolute atomic E-state index is 5.64. The molecule has 0 atom stereocenters. The van der Waals surface area contributed by atoms with Crippen molar-refractivity contribution in [2.45, 2.75) is 37.8 Å². The molecule has 3 fully saturated rings. The van der Waals surface area contributed by atoms with Crippen molar-refractivity contribution in [2.24, 2.45) is 5.92 Å². The zero-order valence-corrected chi connectivity index (χ0v) is 15.7. The van der Waals surface area contributed by atoms with Crippen LogP contribution >= 0.6 is 0 Å². The summed E-state index contributed by atoms with van der Waals surface area (Å²) < 4.78 is 16.6. The van der Waals surface area contributed by atoms with Crippen LogP contribution in [-0.4, -0.2) is 80.1 Å². The van der Waals surface area contributed by atoms with Crippen molar-refractivity contribution in [1.29, 1.82) is 0 Å². The minimum atomic E-state index is 0.500. The molecule has 0 unspecified atom stereocenters. The summed E-state index contributed by atoms with van der Waals surface area (Å²) in [5.74, 6) is 2.16. The van der Waals surface area contributed by atoms with E-state index in [1.165, 1.54) is 25.7 Å². The van der Waals surface area contributed by atoms with Crippen molar-refractivity contribution in [3.63, 3.8) is 0 Å². The molecule has 26 heavy (non-hydrogen) atoms. The minimum Gasteiger partial charge on any atom is -0.481 e. The molecule has 0 radical (unpaired) electrons. The molecule has 1 saturated carbocycles. The molecule has 0 bridgehead atoms. The van der Waals surface area contributed by atoms with Crippen LogP contribution in [0.2, 0.25) is 0 Å². The second-order valence-electron chi connectivity index (χ2n) is 7.60. The molecule has 0 aromatic carbocycles. The van der Waals surface area contributed by atoms with E-state index >= 15 is 0 Å². The van der Waals surface area contributed by atoms with E-state index in [4.69, 9.17) is 14.2 Å². The van der Waals surface area contributed by atoms with Gasteiger partial charge in [0.15, 0.2) is 0 Å². The number of hydrogen-bond acceptors (Lipinski definition) is 7. The molecular formula is C19H30N4O3. The number of aromatic nitrogens is 2. The number of methoxy groups -OCH3 is 1. The Morgan fingerprint density at radius 2 is 1.77 bits per heavy atom. The first-order chi connectivity index (χ1) is 12.8. The number of hydrogen-bond donors (Lipinski definition) is 0. The number of piperidine rings is 1. The monoisotopic (exact) mass is 362 g/mol. The second kappa shape index (κ2) is 8.50. The van der Waals surface area contributed by atoms with Gasteiger partial charge in [-0.15, -0.1) is 0 Å². The summed E-state index contributed by atoms with van der Waals surface area (Å²) in [4.78, 5) is 13.8. The van der Waals surface area contributed by atoms with Gasteiger partial charge in [0, 0.05) is 43.7 Å². The van der Waals surface area contributed by atoms with E-state index in [-0.39, 0.29) is 0 Å². The Balaban J connectivity index is 1.34. The van der Waals surface area contributed by atoms with Crippen molar-refractivity contribution in [1.82, 2.24) is 14.9 Å². The first-order valence-corrected chi connectivity index (χ1v) is 9.85. The molecule has 4 rings (SSSR count). The SMILES string of the molecule is COc1cc(N(C2CC2)C2CCN(CC3COCCOC3)CC2)ncn1. The molecule has 144 valence electrons. The van der Waals surface area contributed by atoms with Crippen molar-refractivity contribution in [3.8, 4) is 5.88 Å². The van der Waals surface area contributed by atoms with Crippen LogP contribution in [0.4, 0.5) is 5.82 Å². The fourth-order valence-electron chi connectivity index (χ4n) is 4.12. The molecule has 3 aliphatic rings. The number of likely N-dealkylation sites (tertiary alicyclic amines) is 1. The maximum atomic E-state index is 5.64. The molecule has 7 nitrogen and oxygen atoms in total. The smallest absolute Gasteiger partial charge is 0.218 e. The van der Waals surface area contributed by atoms with Crippen LogP contribution in [-0.2, 0) is 9.47 Å². The number of ether oxygens (including phenoxy) is 3. The lowest BCUT2D eigenvalue weighted by atomic mass is 10.0. The maximum Gasteiger partial charge on any atom is 0.218 e. The summed E-state index contributed by atoms with van der Waals surface area (Å²) in [6, 6.07) is 3.17. The fourth-order valence-corrected chi connectivity index (χ4v) is 4.12. The third-order valence-corrected chi connectivity index (χ3v) is 5.59. The Kier molecular flexibility index (Phi) is 5.87. The minimum absolute atomic E-state index is 0.500. The van der Waals surface area contributed by atoms with E-state index in [1.54, 1.807) is 13.4 Å². The van der Waals surface area contributed by atoms with Crippen LogP contribution in [0.5, 0.6) is 5.88 Å². The highest BCUT2D eigenvalue weighted by Gasteiger charge is 2.37. The molecule has 1 aromatic rings. The van der Waals surface area contributed by atoms with Gasteiger partial charge in [-0.3, -0.25) is 0 Å². The third-order valence-electron chi connectivity index (χ3n) is 5.59. The average molecular weight is 362 g/mol. The summed E-state index contributed by atoms with van der Waals surface area (Å²) >= 11 is 0. The molecule has 0 amide bonds. The lowest BCUT2D eigenvalue weighted by Gasteiger charge is -2.40. The molecule has 2 saturated heterocycles. The van der Waals surface area contributed by atoms with E-state index in [9.17, 15) is 0 Å². The summed E-state index contributed by atoms with van der Waals surface area (Å²) in [7, 11) is 1.66. The van der Waals surface area contributed by atoms with Crippen molar-refractivity contribution < 1.29 is 14.2 Å². The van der Waals surface area contributed by atoms with E-state index in [0.717, 1.165) is 51.9 Å². The van der Waals surface area contributed by atoms with Gasteiger partial charge in [0.25, 0.3) is 0 Å². The van der Waals surface area contributed by atoms with Crippen molar-refractivity contribution in [2.75, 3.05) is 58.1 Å². The van der Waals surface area contributed by atoms with E-state index in [0.29, 0.717) is 23.9 Å². The van der Waals surface area contributed by atoms with Crippen LogP contribution in [0.3, 0.4) is 0 Å². The predicted molar refractivity (Wildman–Crippen MR) is 98.7 cm³/mol. The average Bonchev–Trinajstić information content (AvgIpc) is 3.52. The largest absolute Gasteiger partial charge is 0.481 e. The summed E-state index contributed by atoms with van der Waals surface area (Å²) in [6.07, 6.45) is 6.51. The quantitative estimate of drug-likeness (QED) is 0.761. The van der Waals surface area contributed by atoms with Gasteiger partial charge in [-0.05, 0) is 25.7 Å². The molecule has 3 heterocycles. The topological polar surface area (TPSA) is 60.0 Å². The first kappa shape index (κ1) is 17.9. The van der Waals surface area contributed by atoms with Crippen LogP contribution in [0.1, 0.15) is 25.7 Å². The highest BCUT2D eigenvalue weighted by molar-refractivity contribution is 5.45. The number of anilines is 1. The van der Waals surface area contributed by atoms with Gasteiger partial charge in [0.1, 0.15) is 12.1 Å². The number of rotatable bonds is 6. The Morgan fingerprint density at radius 1 is 1.08 bits per heavy atom. The first-order valence-electron chi connectivity index (χ1n) is 9.85. The summed E-state index contributed by atoms with van der Waals surface area (Å²) in [5, 5.41) is 0. The molecule has 1 aromatic heterocycles. The van der Waals surface area contributed by atoms with Gasteiger partial charge in [0.2, 0.25) is 5.88 Å². The van der Waals surface area contributed by atoms with Crippen LogP contribution in [0.15, 0.2) is 12.4 Å². The lowest BCUT2D eigenvalue weighted by Crippen LogP contribution is -2.47. The fraction of sp³-hybridized carbons (Fsp3) is 0.789. The van der Waals surface area contributed by atoms with Crippen LogP contribution < -0.4 is 9.64 Å². The standard InChI is InChI=1S/C19H30N4O3/c1-24-19-10-18(20-14-21-19)23(16-2-3-16)17-4-6-22(7-5-17)11-15-12-25-8-9-26-13-15/h10,14-17H,2-9,11-13H2,1H3. The zero-order chi connectivity index (χ0) is 17.8. The van der Waals surface area contributed by atoms with Crippen LogP contribution in [0.25, 0.3) is 0 Å². The number of nitrogens with zero attached hydrogens (tertiary/aromatic N) is 4. The van der Waals surface area contributed by atoms with Gasteiger partial charge >= 0.3 is 0 Å².